The fourth-order valence-corrected chi connectivity index (χ4v) is 3.76. The predicted molar refractivity (Wildman–Crippen MR) is 104 cm³/mol. The highest BCUT2D eigenvalue weighted by atomic mass is 32.2. The van der Waals surface area contributed by atoms with E-state index in [4.69, 9.17) is 0 Å². The van der Waals surface area contributed by atoms with E-state index in [0.29, 0.717) is 6.54 Å². The Morgan fingerprint density at radius 1 is 1.00 bits per heavy atom. The van der Waals surface area contributed by atoms with Crippen molar-refractivity contribution in [3.8, 4) is 0 Å². The van der Waals surface area contributed by atoms with Gasteiger partial charge in [0.1, 0.15) is 4.75 Å². The number of anilines is 1. The zero-order valence-corrected chi connectivity index (χ0v) is 15.5. The molecule has 3 nitrogen and oxygen atoms in total. The predicted octanol–water partition coefficient (Wildman–Crippen LogP) is 4.52. The fraction of sp³-hybridized carbons (Fsp3) is 0.350. The lowest BCUT2D eigenvalue weighted by Gasteiger charge is -2.33. The van der Waals surface area contributed by atoms with E-state index in [1.54, 1.807) is 11.8 Å². The molecule has 24 heavy (non-hydrogen) atoms. The number of hydrogen-bond acceptors (Lipinski definition) is 3. The maximum Gasteiger partial charge on any atom is 0.242 e. The van der Waals surface area contributed by atoms with Crippen molar-refractivity contribution in [2.24, 2.45) is 0 Å². The molecule has 2 rings (SSSR count). The maximum absolute atomic E-state index is 13.0. The molecule has 128 valence electrons. The van der Waals surface area contributed by atoms with Crippen molar-refractivity contribution in [2.75, 3.05) is 25.0 Å². The van der Waals surface area contributed by atoms with E-state index >= 15 is 0 Å². The van der Waals surface area contributed by atoms with E-state index in [1.165, 1.54) is 0 Å². The largest absolute Gasteiger partial charge is 0.325 e. The van der Waals surface area contributed by atoms with E-state index in [9.17, 15) is 4.79 Å². The first-order chi connectivity index (χ1) is 11.6. The summed E-state index contributed by atoms with van der Waals surface area (Å²) in [5.41, 5.74) is 0.835. The van der Waals surface area contributed by atoms with Gasteiger partial charge < -0.3 is 10.2 Å². The molecule has 0 bridgehead atoms. The molecular weight excluding hydrogens is 316 g/mol. The molecule has 0 aromatic heterocycles. The van der Waals surface area contributed by atoms with Crippen LogP contribution in [0, 0.1) is 0 Å². The molecule has 0 saturated heterocycles. The van der Waals surface area contributed by atoms with Crippen molar-refractivity contribution in [3.63, 3.8) is 0 Å². The van der Waals surface area contributed by atoms with Gasteiger partial charge in [-0.15, -0.1) is 11.8 Å². The van der Waals surface area contributed by atoms with Crippen LogP contribution in [0.3, 0.4) is 0 Å². The van der Waals surface area contributed by atoms with E-state index in [2.05, 4.69) is 36.2 Å². The minimum absolute atomic E-state index is 0.0365. The smallest absolute Gasteiger partial charge is 0.242 e. The molecule has 0 aliphatic rings. The Balaban J connectivity index is 2.22. The summed E-state index contributed by atoms with van der Waals surface area (Å²) >= 11 is 1.62. The van der Waals surface area contributed by atoms with Crippen LogP contribution in [0.2, 0.25) is 0 Å². The van der Waals surface area contributed by atoms with Crippen LogP contribution >= 0.6 is 11.8 Å². The molecule has 0 saturated carbocycles. The second-order valence-corrected chi connectivity index (χ2v) is 7.50. The Bertz CT molecular complexity index is 629. The maximum atomic E-state index is 13.0. The SMILES string of the molecule is CCN(CC)CC(C)(Sc1ccccc1)C(=O)Nc1ccccc1. The third kappa shape index (κ3) is 5.11. The molecule has 4 heteroatoms. The highest BCUT2D eigenvalue weighted by Gasteiger charge is 2.36. The average Bonchev–Trinajstić information content (AvgIpc) is 2.61. The average molecular weight is 343 g/mol. The lowest BCUT2D eigenvalue weighted by Crippen LogP contribution is -2.47. The molecule has 0 fully saturated rings. The molecule has 1 N–H and O–H groups in total. The number of amides is 1. The number of hydrogen-bond donors (Lipinski definition) is 1. The lowest BCUT2D eigenvalue weighted by molar-refractivity contribution is -0.118. The summed E-state index contributed by atoms with van der Waals surface area (Å²) in [6, 6.07) is 19.8. The van der Waals surface area contributed by atoms with Gasteiger partial charge in [-0.1, -0.05) is 50.2 Å². The highest BCUT2D eigenvalue weighted by molar-refractivity contribution is 8.01. The Hall–Kier alpha value is -1.78. The molecule has 0 aliphatic carbocycles. The summed E-state index contributed by atoms with van der Waals surface area (Å²) in [4.78, 5) is 16.4. The highest BCUT2D eigenvalue weighted by Crippen LogP contribution is 2.34. The topological polar surface area (TPSA) is 32.3 Å². The molecule has 2 aromatic rings. The Morgan fingerprint density at radius 2 is 1.54 bits per heavy atom. The van der Waals surface area contributed by atoms with E-state index in [1.807, 2.05) is 55.5 Å². The minimum atomic E-state index is -0.566. The lowest BCUT2D eigenvalue weighted by atomic mass is 10.1. The molecule has 0 aliphatic heterocycles. The van der Waals surface area contributed by atoms with Crippen LogP contribution < -0.4 is 5.32 Å². The van der Waals surface area contributed by atoms with Crippen LogP contribution in [-0.4, -0.2) is 35.2 Å². The van der Waals surface area contributed by atoms with Gasteiger partial charge in [0.25, 0.3) is 0 Å². The zero-order chi connectivity index (χ0) is 17.4. The number of nitrogens with zero attached hydrogens (tertiary/aromatic N) is 1. The van der Waals surface area contributed by atoms with Crippen LogP contribution in [0.5, 0.6) is 0 Å². The summed E-state index contributed by atoms with van der Waals surface area (Å²) in [7, 11) is 0. The van der Waals surface area contributed by atoms with Gasteiger partial charge in [0.15, 0.2) is 0 Å². The van der Waals surface area contributed by atoms with E-state index < -0.39 is 4.75 Å². The van der Waals surface area contributed by atoms with Crippen molar-refractivity contribution in [2.45, 2.75) is 30.4 Å². The normalized spacial score (nSPS) is 13.5. The Morgan fingerprint density at radius 3 is 2.08 bits per heavy atom. The molecule has 0 radical (unpaired) electrons. The van der Waals surface area contributed by atoms with Gasteiger partial charge in [-0.25, -0.2) is 0 Å². The van der Waals surface area contributed by atoms with Gasteiger partial charge in [-0.3, -0.25) is 4.79 Å². The van der Waals surface area contributed by atoms with E-state index in [0.717, 1.165) is 23.7 Å². The standard InChI is InChI=1S/C20H26N2OS/c1-4-22(5-2)16-20(3,24-18-14-10-7-11-15-18)19(23)21-17-12-8-6-9-13-17/h6-15H,4-5,16H2,1-3H3,(H,21,23). The first kappa shape index (κ1) is 18.6. The Labute approximate surface area is 149 Å². The van der Waals surface area contributed by atoms with Gasteiger partial charge in [-0.2, -0.15) is 0 Å². The Kier molecular flexibility index (Phi) is 6.88. The van der Waals surface area contributed by atoms with Crippen molar-refractivity contribution in [3.05, 3.63) is 60.7 Å². The van der Waals surface area contributed by atoms with Crippen LogP contribution in [0.25, 0.3) is 0 Å². The quantitative estimate of drug-likeness (QED) is 0.716. The number of benzene rings is 2. The van der Waals surface area contributed by atoms with E-state index in [-0.39, 0.29) is 5.91 Å². The van der Waals surface area contributed by atoms with Gasteiger partial charge >= 0.3 is 0 Å². The van der Waals surface area contributed by atoms with Crippen LogP contribution in [0.1, 0.15) is 20.8 Å². The number of carbonyl (C=O) groups excluding carboxylic acids is 1. The van der Waals surface area contributed by atoms with Crippen molar-refractivity contribution >= 4 is 23.4 Å². The molecule has 1 atom stereocenters. The fourth-order valence-electron chi connectivity index (χ4n) is 2.56. The number of thioether (sulfide) groups is 1. The second kappa shape index (κ2) is 8.90. The first-order valence-electron chi connectivity index (χ1n) is 8.40. The minimum Gasteiger partial charge on any atom is -0.325 e. The summed E-state index contributed by atoms with van der Waals surface area (Å²) in [6.07, 6.45) is 0. The third-order valence-corrected chi connectivity index (χ3v) is 5.29. The summed E-state index contributed by atoms with van der Waals surface area (Å²) in [6.45, 7) is 8.86. The summed E-state index contributed by atoms with van der Waals surface area (Å²) in [5.74, 6) is 0.0365. The molecule has 1 amide bonds. The number of para-hydroxylation sites is 1. The number of rotatable bonds is 8. The van der Waals surface area contributed by atoms with Gasteiger partial charge in [0.05, 0.1) is 0 Å². The zero-order valence-electron chi connectivity index (χ0n) is 14.7. The molecule has 0 heterocycles. The number of nitrogens with one attached hydrogen (secondary N) is 1. The number of carbonyl (C=O) groups is 1. The van der Waals surface area contributed by atoms with Crippen LogP contribution in [-0.2, 0) is 4.79 Å². The monoisotopic (exact) mass is 342 g/mol. The molecular formula is C20H26N2OS. The van der Waals surface area contributed by atoms with Gasteiger partial charge in [0, 0.05) is 17.1 Å². The first-order valence-corrected chi connectivity index (χ1v) is 9.22. The van der Waals surface area contributed by atoms with Crippen molar-refractivity contribution < 1.29 is 4.79 Å². The third-order valence-electron chi connectivity index (χ3n) is 4.02. The summed E-state index contributed by atoms with van der Waals surface area (Å²) < 4.78 is -0.566. The molecule has 2 aromatic carbocycles. The van der Waals surface area contributed by atoms with Crippen molar-refractivity contribution in [1.29, 1.82) is 0 Å². The molecule has 1 unspecified atom stereocenters. The van der Waals surface area contributed by atoms with Crippen molar-refractivity contribution in [1.82, 2.24) is 4.90 Å². The molecule has 0 spiro atoms. The van der Waals surface area contributed by atoms with Crippen LogP contribution in [0.15, 0.2) is 65.6 Å². The summed E-state index contributed by atoms with van der Waals surface area (Å²) in [5, 5.41) is 3.07. The van der Waals surface area contributed by atoms with Crippen LogP contribution in [0.4, 0.5) is 5.69 Å². The second-order valence-electron chi connectivity index (χ2n) is 5.93. The van der Waals surface area contributed by atoms with Gasteiger partial charge in [0.2, 0.25) is 5.91 Å². The van der Waals surface area contributed by atoms with Gasteiger partial charge in [-0.05, 0) is 44.3 Å².